The van der Waals surface area contributed by atoms with Crippen molar-refractivity contribution in [1.82, 2.24) is 14.9 Å². The third kappa shape index (κ3) is 3.16. The van der Waals surface area contributed by atoms with Gasteiger partial charge in [-0.3, -0.25) is 9.59 Å². The van der Waals surface area contributed by atoms with E-state index in [0.717, 1.165) is 12.0 Å². The number of amides is 1. The van der Waals surface area contributed by atoms with Gasteiger partial charge in [-0.1, -0.05) is 6.07 Å². The summed E-state index contributed by atoms with van der Waals surface area (Å²) in [6.07, 6.45) is 3.92. The quantitative estimate of drug-likeness (QED) is 0.929. The topological polar surface area (TPSA) is 75.3 Å². The first-order valence-electron chi connectivity index (χ1n) is 7.19. The van der Waals surface area contributed by atoms with Gasteiger partial charge in [0.15, 0.2) is 0 Å². The third-order valence-corrected chi connectivity index (χ3v) is 3.64. The molecule has 2 aromatic rings. The maximum Gasteiger partial charge on any atom is 0.255 e. The van der Waals surface area contributed by atoms with Crippen LogP contribution in [0.4, 0.5) is 0 Å². The van der Waals surface area contributed by atoms with Gasteiger partial charge in [-0.15, -0.1) is 0 Å². The highest BCUT2D eigenvalue weighted by Crippen LogP contribution is 2.18. The fourth-order valence-corrected chi connectivity index (χ4v) is 2.43. The molecule has 3 heterocycles. The van der Waals surface area contributed by atoms with Crippen LogP contribution in [0.5, 0.6) is 5.88 Å². The Balaban J connectivity index is 1.62. The lowest BCUT2D eigenvalue weighted by atomic mass is 10.2. The van der Waals surface area contributed by atoms with Crippen LogP contribution < -0.4 is 10.3 Å². The minimum Gasteiger partial charge on any atom is -0.472 e. The minimum absolute atomic E-state index is 0.0538. The highest BCUT2D eigenvalue weighted by molar-refractivity contribution is 5.94. The molecule has 0 bridgehead atoms. The summed E-state index contributed by atoms with van der Waals surface area (Å²) >= 11 is 0. The number of nitrogens with zero attached hydrogens (tertiary/aromatic N) is 2. The number of hydrogen-bond donors (Lipinski definition) is 1. The van der Waals surface area contributed by atoms with Gasteiger partial charge in [0, 0.05) is 37.5 Å². The van der Waals surface area contributed by atoms with Crippen LogP contribution in [0.25, 0.3) is 0 Å². The van der Waals surface area contributed by atoms with E-state index in [1.54, 1.807) is 11.1 Å². The number of nitrogens with one attached hydrogen (secondary N) is 1. The predicted molar refractivity (Wildman–Crippen MR) is 81.0 cm³/mol. The van der Waals surface area contributed by atoms with Gasteiger partial charge in [0.25, 0.3) is 5.91 Å². The highest BCUT2D eigenvalue weighted by atomic mass is 16.5. The van der Waals surface area contributed by atoms with Gasteiger partial charge in [-0.25, -0.2) is 4.98 Å². The molecule has 0 saturated carbocycles. The number of aromatic nitrogens is 2. The zero-order chi connectivity index (χ0) is 15.5. The fourth-order valence-electron chi connectivity index (χ4n) is 2.43. The summed E-state index contributed by atoms with van der Waals surface area (Å²) in [6, 6.07) is 6.67. The van der Waals surface area contributed by atoms with Crippen molar-refractivity contribution in [3.8, 4) is 5.88 Å². The molecule has 1 aliphatic rings. The average molecular weight is 299 g/mol. The first-order chi connectivity index (χ1) is 10.6. The molecular formula is C16H17N3O3. The van der Waals surface area contributed by atoms with Crippen molar-refractivity contribution < 1.29 is 9.53 Å². The van der Waals surface area contributed by atoms with E-state index in [-0.39, 0.29) is 17.6 Å². The molecule has 1 saturated heterocycles. The minimum atomic E-state index is -0.218. The SMILES string of the molecule is Cc1ccc(OC2CCN(C(=O)c3ccc(=O)[nH]c3)C2)nc1. The van der Waals surface area contributed by atoms with Gasteiger partial charge in [-0.2, -0.15) is 0 Å². The van der Waals surface area contributed by atoms with E-state index in [4.69, 9.17) is 4.74 Å². The van der Waals surface area contributed by atoms with Gasteiger partial charge >= 0.3 is 0 Å². The van der Waals surface area contributed by atoms with Crippen LogP contribution in [0.15, 0.2) is 41.5 Å². The molecule has 6 nitrogen and oxygen atoms in total. The van der Waals surface area contributed by atoms with Gasteiger partial charge in [0.05, 0.1) is 12.1 Å². The van der Waals surface area contributed by atoms with Crippen molar-refractivity contribution >= 4 is 5.91 Å². The van der Waals surface area contributed by atoms with Crippen molar-refractivity contribution in [3.63, 3.8) is 0 Å². The Hall–Kier alpha value is -2.63. The second-order valence-corrected chi connectivity index (χ2v) is 5.40. The van der Waals surface area contributed by atoms with E-state index < -0.39 is 0 Å². The van der Waals surface area contributed by atoms with Crippen LogP contribution in [0.3, 0.4) is 0 Å². The third-order valence-electron chi connectivity index (χ3n) is 3.64. The summed E-state index contributed by atoms with van der Waals surface area (Å²) in [4.78, 5) is 31.8. The number of pyridine rings is 2. The van der Waals surface area contributed by atoms with Gasteiger partial charge < -0.3 is 14.6 Å². The summed E-state index contributed by atoms with van der Waals surface area (Å²) in [7, 11) is 0. The van der Waals surface area contributed by atoms with Gasteiger partial charge in [-0.05, 0) is 18.6 Å². The number of aryl methyl sites for hydroxylation is 1. The molecule has 0 aromatic carbocycles. The lowest BCUT2D eigenvalue weighted by molar-refractivity contribution is 0.0770. The van der Waals surface area contributed by atoms with Crippen molar-refractivity contribution in [2.45, 2.75) is 19.4 Å². The van der Waals surface area contributed by atoms with Crippen LogP contribution >= 0.6 is 0 Å². The molecule has 0 radical (unpaired) electrons. The number of hydrogen-bond acceptors (Lipinski definition) is 4. The molecule has 1 amide bonds. The Morgan fingerprint density at radius 2 is 2.23 bits per heavy atom. The maximum atomic E-state index is 12.3. The number of carbonyl (C=O) groups is 1. The Labute approximate surface area is 127 Å². The maximum absolute atomic E-state index is 12.3. The van der Waals surface area contributed by atoms with Crippen LogP contribution in [0.2, 0.25) is 0 Å². The second kappa shape index (κ2) is 6.01. The van der Waals surface area contributed by atoms with E-state index in [9.17, 15) is 9.59 Å². The number of H-pyrrole nitrogens is 1. The molecule has 22 heavy (non-hydrogen) atoms. The summed E-state index contributed by atoms with van der Waals surface area (Å²) in [6.45, 7) is 3.12. The normalized spacial score (nSPS) is 17.5. The Bertz CT molecular complexity index is 704. The van der Waals surface area contributed by atoms with Gasteiger partial charge in [0.1, 0.15) is 6.10 Å². The number of carbonyl (C=O) groups excluding carboxylic acids is 1. The Morgan fingerprint density at radius 3 is 2.91 bits per heavy atom. The van der Waals surface area contributed by atoms with E-state index in [2.05, 4.69) is 9.97 Å². The fraction of sp³-hybridized carbons (Fsp3) is 0.312. The summed E-state index contributed by atoms with van der Waals surface area (Å²) < 4.78 is 5.80. The summed E-state index contributed by atoms with van der Waals surface area (Å²) in [5.41, 5.74) is 1.34. The summed E-state index contributed by atoms with van der Waals surface area (Å²) in [5.74, 6) is 0.480. The zero-order valence-electron chi connectivity index (χ0n) is 12.3. The molecule has 2 aromatic heterocycles. The van der Waals surface area contributed by atoms with Crippen molar-refractivity contribution in [1.29, 1.82) is 0 Å². The predicted octanol–water partition coefficient (Wildman–Crippen LogP) is 1.37. The van der Waals surface area contributed by atoms with Crippen LogP contribution in [-0.4, -0.2) is 40.0 Å². The summed E-state index contributed by atoms with van der Waals surface area (Å²) in [5, 5.41) is 0. The average Bonchev–Trinajstić information content (AvgIpc) is 2.98. The number of likely N-dealkylation sites (tertiary alicyclic amines) is 1. The molecule has 3 rings (SSSR count). The highest BCUT2D eigenvalue weighted by Gasteiger charge is 2.28. The molecule has 1 aliphatic heterocycles. The van der Waals surface area contributed by atoms with Crippen molar-refractivity contribution in [2.24, 2.45) is 0 Å². The molecule has 1 unspecified atom stereocenters. The molecule has 1 fully saturated rings. The van der Waals surface area contributed by atoms with E-state index >= 15 is 0 Å². The lowest BCUT2D eigenvalue weighted by Gasteiger charge is -2.17. The first-order valence-corrected chi connectivity index (χ1v) is 7.19. The van der Waals surface area contributed by atoms with Crippen LogP contribution in [0.1, 0.15) is 22.3 Å². The van der Waals surface area contributed by atoms with E-state index in [1.165, 1.54) is 18.3 Å². The Morgan fingerprint density at radius 1 is 1.36 bits per heavy atom. The number of ether oxygens (including phenoxy) is 1. The molecular weight excluding hydrogens is 282 g/mol. The smallest absolute Gasteiger partial charge is 0.255 e. The van der Waals surface area contributed by atoms with E-state index in [0.29, 0.717) is 24.5 Å². The zero-order valence-corrected chi connectivity index (χ0v) is 12.3. The second-order valence-electron chi connectivity index (χ2n) is 5.40. The van der Waals surface area contributed by atoms with E-state index in [1.807, 2.05) is 19.1 Å². The molecule has 1 N–H and O–H groups in total. The van der Waals surface area contributed by atoms with Crippen LogP contribution in [-0.2, 0) is 0 Å². The molecule has 6 heteroatoms. The molecule has 1 atom stereocenters. The Kier molecular flexibility index (Phi) is 3.91. The molecule has 0 spiro atoms. The van der Waals surface area contributed by atoms with Crippen molar-refractivity contribution in [3.05, 3.63) is 58.1 Å². The number of rotatable bonds is 3. The lowest BCUT2D eigenvalue weighted by Crippen LogP contribution is -2.31. The molecule has 114 valence electrons. The number of aromatic amines is 1. The first kappa shape index (κ1) is 14.3. The van der Waals surface area contributed by atoms with Crippen molar-refractivity contribution in [2.75, 3.05) is 13.1 Å². The largest absolute Gasteiger partial charge is 0.472 e. The standard InChI is InChI=1S/C16H17N3O3/c1-11-2-5-15(18-8-11)22-13-6-7-19(10-13)16(21)12-3-4-14(20)17-9-12/h2-5,8-9,13H,6-7,10H2,1H3,(H,17,20). The van der Waals surface area contributed by atoms with Crippen LogP contribution in [0, 0.1) is 6.92 Å². The van der Waals surface area contributed by atoms with Gasteiger partial charge in [0.2, 0.25) is 11.4 Å². The monoisotopic (exact) mass is 299 g/mol. The molecule has 0 aliphatic carbocycles.